The quantitative estimate of drug-likeness (QED) is 0.785. The van der Waals surface area contributed by atoms with Crippen LogP contribution in [-0.2, 0) is 14.0 Å². The number of hydrogen-bond donors (Lipinski definition) is 0. The molecule has 0 aromatic carbocycles. The summed E-state index contributed by atoms with van der Waals surface area (Å²) in [5.41, 5.74) is -0.495. The summed E-state index contributed by atoms with van der Waals surface area (Å²) < 4.78 is 58.5. The van der Waals surface area contributed by atoms with Crippen LogP contribution in [0.5, 0.6) is 0 Å². The molecular formula is C16H24BNO3. The lowest BCUT2D eigenvalue weighted by Gasteiger charge is -2.32. The van der Waals surface area contributed by atoms with Gasteiger partial charge in [0.25, 0.3) is 0 Å². The van der Waals surface area contributed by atoms with Gasteiger partial charge in [-0.2, -0.15) is 0 Å². The standard InChI is InChI=1S/C16H24BNO3/c1-15(2)16(3,4)21-17(20-15)13-5-8-18-14(11-13)12-6-9-19-10-7-12/h5,8,11-12H,6-7,9-10H2,1-4H3/i6D2,7D2,12D. The second-order valence-electron chi connectivity index (χ2n) is 6.28. The molecule has 2 fully saturated rings. The second kappa shape index (κ2) is 5.38. The van der Waals surface area contributed by atoms with Gasteiger partial charge in [0.05, 0.1) is 11.2 Å². The van der Waals surface area contributed by atoms with E-state index in [0.717, 1.165) is 0 Å². The highest BCUT2D eigenvalue weighted by atomic mass is 16.7. The van der Waals surface area contributed by atoms with Crippen LogP contribution in [0.1, 0.15) is 58.9 Å². The molecular weight excluding hydrogens is 265 g/mol. The number of hydrogen-bond acceptors (Lipinski definition) is 4. The van der Waals surface area contributed by atoms with Crippen LogP contribution in [0.25, 0.3) is 0 Å². The summed E-state index contributed by atoms with van der Waals surface area (Å²) in [7, 11) is -0.693. The summed E-state index contributed by atoms with van der Waals surface area (Å²) in [6.45, 7) is 6.98. The maximum atomic E-state index is 8.72. The Bertz CT molecular complexity index is 681. The molecule has 2 aliphatic heterocycles. The molecule has 0 amide bonds. The molecule has 0 N–H and O–H groups in total. The number of ether oxygens (including phenoxy) is 1. The van der Waals surface area contributed by atoms with E-state index in [4.69, 9.17) is 20.9 Å². The zero-order valence-corrected chi connectivity index (χ0v) is 12.9. The molecule has 2 aliphatic rings. The normalized spacial score (nSPS) is 35.0. The Morgan fingerprint density at radius 2 is 1.86 bits per heavy atom. The van der Waals surface area contributed by atoms with Crippen molar-refractivity contribution < 1.29 is 20.9 Å². The maximum Gasteiger partial charge on any atom is 0.494 e. The third kappa shape index (κ3) is 2.87. The molecule has 21 heavy (non-hydrogen) atoms. The lowest BCUT2D eigenvalue weighted by atomic mass is 9.78. The van der Waals surface area contributed by atoms with Crippen molar-refractivity contribution in [1.82, 2.24) is 4.98 Å². The summed E-state index contributed by atoms with van der Waals surface area (Å²) in [5.74, 6) is -2.21. The largest absolute Gasteiger partial charge is 0.494 e. The highest BCUT2D eigenvalue weighted by Crippen LogP contribution is 2.36. The highest BCUT2D eigenvalue weighted by molar-refractivity contribution is 6.62. The molecule has 114 valence electrons. The highest BCUT2D eigenvalue weighted by Gasteiger charge is 2.51. The Labute approximate surface area is 134 Å². The van der Waals surface area contributed by atoms with Crippen molar-refractivity contribution >= 4 is 12.6 Å². The monoisotopic (exact) mass is 294 g/mol. The molecule has 1 aromatic rings. The summed E-state index contributed by atoms with van der Waals surface area (Å²) in [5, 5.41) is 0. The Morgan fingerprint density at radius 1 is 1.24 bits per heavy atom. The van der Waals surface area contributed by atoms with Gasteiger partial charge in [0.1, 0.15) is 0 Å². The van der Waals surface area contributed by atoms with Crippen LogP contribution >= 0.6 is 0 Å². The van der Waals surface area contributed by atoms with Crippen molar-refractivity contribution in [1.29, 1.82) is 0 Å². The van der Waals surface area contributed by atoms with Crippen LogP contribution in [0.3, 0.4) is 0 Å². The van der Waals surface area contributed by atoms with Crippen LogP contribution < -0.4 is 5.46 Å². The molecule has 3 rings (SSSR count). The van der Waals surface area contributed by atoms with E-state index in [1.54, 1.807) is 6.07 Å². The van der Waals surface area contributed by atoms with Gasteiger partial charge in [0, 0.05) is 37.9 Å². The zero-order valence-electron chi connectivity index (χ0n) is 17.9. The van der Waals surface area contributed by atoms with Crippen LogP contribution in [-0.4, -0.2) is 36.5 Å². The first-order chi connectivity index (χ1) is 11.7. The molecule has 0 radical (unpaired) electrons. The third-order valence-electron chi connectivity index (χ3n) is 4.27. The molecule has 0 saturated carbocycles. The fourth-order valence-electron chi connectivity index (χ4n) is 2.25. The fraction of sp³-hybridized carbons (Fsp3) is 0.688. The van der Waals surface area contributed by atoms with Crippen LogP contribution in [0.2, 0.25) is 0 Å². The predicted molar refractivity (Wildman–Crippen MR) is 82.7 cm³/mol. The molecule has 1 aromatic heterocycles. The Balaban J connectivity index is 2.02. The average molecular weight is 294 g/mol. The maximum absolute atomic E-state index is 8.72. The summed E-state index contributed by atoms with van der Waals surface area (Å²) in [4.78, 5) is 4.14. The molecule has 5 heteroatoms. The number of aromatic nitrogens is 1. The molecule has 3 heterocycles. The van der Waals surface area contributed by atoms with E-state index >= 15 is 0 Å². The Hall–Kier alpha value is -0.905. The molecule has 0 atom stereocenters. The molecule has 4 nitrogen and oxygen atoms in total. The Kier molecular flexibility index (Phi) is 2.56. The first kappa shape index (κ1) is 9.98. The van der Waals surface area contributed by atoms with Gasteiger partial charge in [-0.05, 0) is 58.0 Å². The first-order valence-electron chi connectivity index (χ1n) is 9.63. The fourth-order valence-corrected chi connectivity index (χ4v) is 2.25. The minimum absolute atomic E-state index is 0.00279. The molecule has 0 bridgehead atoms. The average Bonchev–Trinajstić information content (AvgIpc) is 2.73. The minimum atomic E-state index is -2.24. The first-order valence-corrected chi connectivity index (χ1v) is 7.13. The smallest absolute Gasteiger partial charge is 0.399 e. The van der Waals surface area contributed by atoms with Gasteiger partial charge < -0.3 is 14.0 Å². The molecule has 0 unspecified atom stereocenters. The van der Waals surface area contributed by atoms with E-state index in [2.05, 4.69) is 4.98 Å². The van der Waals surface area contributed by atoms with E-state index in [-0.39, 0.29) is 18.9 Å². The lowest BCUT2D eigenvalue weighted by molar-refractivity contribution is 0.00578. The Morgan fingerprint density at radius 3 is 2.48 bits per heavy atom. The zero-order chi connectivity index (χ0) is 19.6. The molecule has 0 spiro atoms. The van der Waals surface area contributed by atoms with Crippen LogP contribution in [0.4, 0.5) is 0 Å². The van der Waals surface area contributed by atoms with Gasteiger partial charge in [-0.15, -0.1) is 0 Å². The summed E-state index contributed by atoms with van der Waals surface area (Å²) >= 11 is 0. The van der Waals surface area contributed by atoms with Crippen molar-refractivity contribution in [3.63, 3.8) is 0 Å². The van der Waals surface area contributed by atoms with E-state index in [1.807, 2.05) is 27.7 Å². The van der Waals surface area contributed by atoms with Crippen molar-refractivity contribution in [2.45, 2.75) is 57.5 Å². The predicted octanol–water partition coefficient (Wildman–Crippen LogP) is 2.27. The topological polar surface area (TPSA) is 40.6 Å². The van der Waals surface area contributed by atoms with Gasteiger partial charge in [-0.3, -0.25) is 4.98 Å². The van der Waals surface area contributed by atoms with E-state index < -0.39 is 37.0 Å². The molecule has 0 aliphatic carbocycles. The van der Waals surface area contributed by atoms with Gasteiger partial charge in [0.2, 0.25) is 0 Å². The van der Waals surface area contributed by atoms with Crippen molar-refractivity contribution in [3.8, 4) is 0 Å². The number of pyridine rings is 1. The number of nitrogens with zero attached hydrogens (tertiary/aromatic N) is 1. The van der Waals surface area contributed by atoms with Gasteiger partial charge in [-0.25, -0.2) is 0 Å². The van der Waals surface area contributed by atoms with Gasteiger partial charge in [0.15, 0.2) is 0 Å². The van der Waals surface area contributed by atoms with Crippen LogP contribution in [0.15, 0.2) is 18.3 Å². The van der Waals surface area contributed by atoms with E-state index in [1.165, 1.54) is 12.3 Å². The van der Waals surface area contributed by atoms with Crippen LogP contribution in [0, 0.1) is 0 Å². The number of rotatable bonds is 2. The van der Waals surface area contributed by atoms with E-state index in [9.17, 15) is 0 Å². The second-order valence-corrected chi connectivity index (χ2v) is 6.28. The lowest BCUT2D eigenvalue weighted by Crippen LogP contribution is -2.41. The molecule has 2 saturated heterocycles. The summed E-state index contributed by atoms with van der Waals surface area (Å²) in [6, 6.07) is 3.19. The van der Waals surface area contributed by atoms with Crippen molar-refractivity contribution in [2.75, 3.05) is 13.2 Å². The van der Waals surface area contributed by atoms with Gasteiger partial charge >= 0.3 is 7.12 Å². The van der Waals surface area contributed by atoms with Gasteiger partial charge in [-0.1, -0.05) is 0 Å². The SMILES string of the molecule is [2H]C1([2H])COCC([2H])([2H])C1([2H])c1cc(B2OC(C)(C)C(C)(C)O2)ccn1. The van der Waals surface area contributed by atoms with Crippen molar-refractivity contribution in [3.05, 3.63) is 24.0 Å². The third-order valence-corrected chi connectivity index (χ3v) is 4.27. The van der Waals surface area contributed by atoms with E-state index in [0.29, 0.717) is 5.46 Å². The summed E-state index contributed by atoms with van der Waals surface area (Å²) in [6.07, 6.45) is -3.04. The van der Waals surface area contributed by atoms with Crippen molar-refractivity contribution in [2.24, 2.45) is 0 Å². The minimum Gasteiger partial charge on any atom is -0.399 e.